The smallest absolute Gasteiger partial charge is 0.231 e. The van der Waals surface area contributed by atoms with Gasteiger partial charge in [-0.2, -0.15) is 0 Å². The van der Waals surface area contributed by atoms with Crippen LogP contribution < -0.4 is 14.2 Å². The lowest BCUT2D eigenvalue weighted by Gasteiger charge is -2.15. The average Bonchev–Trinajstić information content (AvgIpc) is 2.93. The molecule has 0 amide bonds. The van der Waals surface area contributed by atoms with Crippen molar-refractivity contribution >= 4 is 0 Å². The number of phenolic OH excluding ortho intramolecular Hbond substituents is 1. The van der Waals surface area contributed by atoms with E-state index in [2.05, 4.69) is 0 Å². The molecule has 0 saturated carbocycles. The molecule has 4 nitrogen and oxygen atoms in total. The normalized spacial score (nSPS) is 14.1. The van der Waals surface area contributed by atoms with E-state index in [0.717, 1.165) is 16.9 Å². The van der Waals surface area contributed by atoms with E-state index in [1.54, 1.807) is 13.2 Å². The number of fused-ring (bicyclic) bond motifs is 1. The summed E-state index contributed by atoms with van der Waals surface area (Å²) in [5.41, 5.74) is 1.92. The quantitative estimate of drug-likeness (QED) is 0.931. The molecule has 0 radical (unpaired) electrons. The van der Waals surface area contributed by atoms with Crippen LogP contribution in [0, 0.1) is 0 Å². The van der Waals surface area contributed by atoms with Crippen LogP contribution >= 0.6 is 0 Å². The van der Waals surface area contributed by atoms with Gasteiger partial charge in [0.15, 0.2) is 11.5 Å². The maximum absolute atomic E-state index is 10.1. The Morgan fingerprint density at radius 2 is 1.75 bits per heavy atom. The van der Waals surface area contributed by atoms with Gasteiger partial charge in [-0.1, -0.05) is 19.1 Å². The van der Waals surface area contributed by atoms with Crippen LogP contribution in [0.15, 0.2) is 36.4 Å². The minimum Gasteiger partial charge on any atom is -0.508 e. The highest BCUT2D eigenvalue weighted by atomic mass is 16.7. The zero-order chi connectivity index (χ0) is 14.1. The molecule has 1 heterocycles. The molecule has 1 N–H and O–H groups in total. The Morgan fingerprint density at radius 3 is 2.40 bits per heavy atom. The molecule has 0 aromatic heterocycles. The molecule has 20 heavy (non-hydrogen) atoms. The van der Waals surface area contributed by atoms with Gasteiger partial charge in [-0.15, -0.1) is 0 Å². The van der Waals surface area contributed by atoms with Crippen LogP contribution in [0.5, 0.6) is 23.0 Å². The first-order valence-corrected chi connectivity index (χ1v) is 6.45. The molecule has 4 heteroatoms. The van der Waals surface area contributed by atoms with Crippen molar-refractivity contribution in [2.75, 3.05) is 13.9 Å². The second-order valence-electron chi connectivity index (χ2n) is 4.76. The van der Waals surface area contributed by atoms with E-state index in [1.165, 1.54) is 0 Å². The van der Waals surface area contributed by atoms with E-state index in [9.17, 15) is 5.11 Å². The fourth-order valence-corrected chi connectivity index (χ4v) is 2.37. The lowest BCUT2D eigenvalue weighted by Crippen LogP contribution is -1.97. The number of hydrogen-bond acceptors (Lipinski definition) is 4. The van der Waals surface area contributed by atoms with E-state index in [1.807, 2.05) is 37.3 Å². The predicted molar refractivity (Wildman–Crippen MR) is 74.7 cm³/mol. The van der Waals surface area contributed by atoms with Crippen LogP contribution in [-0.2, 0) is 0 Å². The Bertz CT molecular complexity index is 619. The van der Waals surface area contributed by atoms with Crippen LogP contribution in [0.25, 0.3) is 0 Å². The SMILES string of the molecule is COc1ccc([C@H](C)c2cc3c(cc2O)OCO3)cc1. The first kappa shape index (κ1) is 12.7. The average molecular weight is 272 g/mol. The highest BCUT2D eigenvalue weighted by Crippen LogP contribution is 2.41. The standard InChI is InChI=1S/C16H16O4/c1-10(11-3-5-12(18-2)6-4-11)13-7-15-16(8-14(13)17)20-9-19-15/h3-8,10,17H,9H2,1-2H3/t10-/m0/s1. The fourth-order valence-electron chi connectivity index (χ4n) is 2.37. The van der Waals surface area contributed by atoms with Crippen molar-refractivity contribution in [3.63, 3.8) is 0 Å². The Morgan fingerprint density at radius 1 is 1.10 bits per heavy atom. The summed E-state index contributed by atoms with van der Waals surface area (Å²) in [6, 6.07) is 11.3. The molecule has 0 fully saturated rings. The molecule has 1 aliphatic rings. The zero-order valence-corrected chi connectivity index (χ0v) is 11.4. The van der Waals surface area contributed by atoms with E-state index in [4.69, 9.17) is 14.2 Å². The first-order chi connectivity index (χ1) is 9.69. The van der Waals surface area contributed by atoms with E-state index < -0.39 is 0 Å². The van der Waals surface area contributed by atoms with E-state index >= 15 is 0 Å². The summed E-state index contributed by atoms with van der Waals surface area (Å²) in [5, 5.41) is 10.1. The number of rotatable bonds is 3. The fraction of sp³-hybridized carbons (Fsp3) is 0.250. The summed E-state index contributed by atoms with van der Waals surface area (Å²) in [4.78, 5) is 0. The van der Waals surface area contributed by atoms with Crippen molar-refractivity contribution in [2.45, 2.75) is 12.8 Å². The van der Waals surface area contributed by atoms with Gasteiger partial charge in [0.1, 0.15) is 11.5 Å². The van der Waals surface area contributed by atoms with Gasteiger partial charge in [0, 0.05) is 17.5 Å². The second-order valence-corrected chi connectivity index (χ2v) is 4.76. The van der Waals surface area contributed by atoms with E-state index in [0.29, 0.717) is 11.5 Å². The van der Waals surface area contributed by atoms with Crippen LogP contribution in [0.3, 0.4) is 0 Å². The van der Waals surface area contributed by atoms with Crippen molar-refractivity contribution < 1.29 is 19.3 Å². The molecule has 0 spiro atoms. The molecule has 1 atom stereocenters. The Labute approximate surface area is 117 Å². The number of ether oxygens (including phenoxy) is 3. The predicted octanol–water partition coefficient (Wildman–Crippen LogP) is 3.28. The van der Waals surface area contributed by atoms with Gasteiger partial charge in [-0.3, -0.25) is 0 Å². The van der Waals surface area contributed by atoms with Gasteiger partial charge in [0.05, 0.1) is 7.11 Å². The molecule has 2 aromatic rings. The van der Waals surface area contributed by atoms with Gasteiger partial charge in [-0.05, 0) is 23.8 Å². The van der Waals surface area contributed by atoms with Crippen LogP contribution in [0.1, 0.15) is 24.0 Å². The summed E-state index contributed by atoms with van der Waals surface area (Å²) < 4.78 is 15.8. The van der Waals surface area contributed by atoms with Crippen molar-refractivity contribution in [1.82, 2.24) is 0 Å². The zero-order valence-electron chi connectivity index (χ0n) is 11.4. The second kappa shape index (κ2) is 4.96. The van der Waals surface area contributed by atoms with Gasteiger partial charge < -0.3 is 19.3 Å². The largest absolute Gasteiger partial charge is 0.508 e. The Balaban J connectivity index is 1.95. The van der Waals surface area contributed by atoms with Crippen LogP contribution in [-0.4, -0.2) is 19.0 Å². The van der Waals surface area contributed by atoms with Gasteiger partial charge in [-0.25, -0.2) is 0 Å². The van der Waals surface area contributed by atoms with Crippen molar-refractivity contribution in [2.24, 2.45) is 0 Å². The maximum Gasteiger partial charge on any atom is 0.231 e. The molecule has 0 saturated heterocycles. The molecule has 3 rings (SSSR count). The van der Waals surface area contributed by atoms with Crippen molar-refractivity contribution in [3.8, 4) is 23.0 Å². The Hall–Kier alpha value is -2.36. The maximum atomic E-state index is 10.1. The summed E-state index contributed by atoms with van der Waals surface area (Å²) in [6.07, 6.45) is 0. The highest BCUT2D eigenvalue weighted by molar-refractivity contribution is 5.54. The molecule has 104 valence electrons. The molecule has 0 unspecified atom stereocenters. The minimum atomic E-state index is 0.0513. The summed E-state index contributed by atoms with van der Waals surface area (Å²) in [7, 11) is 1.64. The summed E-state index contributed by atoms with van der Waals surface area (Å²) >= 11 is 0. The molecule has 0 aliphatic carbocycles. The molecule has 0 bridgehead atoms. The van der Waals surface area contributed by atoms with Crippen LogP contribution in [0.2, 0.25) is 0 Å². The molecule has 1 aliphatic heterocycles. The van der Waals surface area contributed by atoms with Gasteiger partial charge >= 0.3 is 0 Å². The third-order valence-electron chi connectivity index (χ3n) is 3.60. The van der Waals surface area contributed by atoms with Gasteiger partial charge in [0.25, 0.3) is 0 Å². The Kier molecular flexibility index (Phi) is 3.14. The summed E-state index contributed by atoms with van der Waals surface area (Å²) in [5.74, 6) is 2.36. The van der Waals surface area contributed by atoms with Crippen molar-refractivity contribution in [1.29, 1.82) is 0 Å². The molecule has 2 aromatic carbocycles. The van der Waals surface area contributed by atoms with Crippen molar-refractivity contribution in [3.05, 3.63) is 47.5 Å². The highest BCUT2D eigenvalue weighted by Gasteiger charge is 2.20. The lowest BCUT2D eigenvalue weighted by atomic mass is 9.92. The third kappa shape index (κ3) is 2.13. The third-order valence-corrected chi connectivity index (χ3v) is 3.60. The number of hydrogen-bond donors (Lipinski definition) is 1. The number of benzene rings is 2. The van der Waals surface area contributed by atoms with Gasteiger partial charge in [0.2, 0.25) is 6.79 Å². The monoisotopic (exact) mass is 272 g/mol. The summed E-state index contributed by atoms with van der Waals surface area (Å²) in [6.45, 7) is 2.24. The minimum absolute atomic E-state index is 0.0513. The number of methoxy groups -OCH3 is 1. The number of aromatic hydroxyl groups is 1. The number of phenols is 1. The lowest BCUT2D eigenvalue weighted by molar-refractivity contribution is 0.174. The van der Waals surface area contributed by atoms with E-state index in [-0.39, 0.29) is 18.5 Å². The topological polar surface area (TPSA) is 47.9 Å². The van der Waals surface area contributed by atoms with Crippen LogP contribution in [0.4, 0.5) is 0 Å². The molecular weight excluding hydrogens is 256 g/mol. The molecular formula is C16H16O4. The first-order valence-electron chi connectivity index (χ1n) is 6.45.